The van der Waals surface area contributed by atoms with E-state index in [-0.39, 0.29) is 0 Å². The van der Waals surface area contributed by atoms with E-state index >= 15 is 0 Å². The summed E-state index contributed by atoms with van der Waals surface area (Å²) in [6.07, 6.45) is 5.72. The van der Waals surface area contributed by atoms with Crippen molar-refractivity contribution in [1.82, 2.24) is 10.3 Å². The summed E-state index contributed by atoms with van der Waals surface area (Å²) < 4.78 is 0. The van der Waals surface area contributed by atoms with Crippen LogP contribution in [0.25, 0.3) is 0 Å². The van der Waals surface area contributed by atoms with E-state index in [0.29, 0.717) is 5.38 Å². The van der Waals surface area contributed by atoms with E-state index in [1.807, 2.05) is 6.07 Å². The lowest BCUT2D eigenvalue weighted by molar-refractivity contribution is 0.308. The van der Waals surface area contributed by atoms with Gasteiger partial charge in [0.15, 0.2) is 0 Å². The summed E-state index contributed by atoms with van der Waals surface area (Å²) in [4.78, 5) is 3.95. The zero-order valence-corrected chi connectivity index (χ0v) is 9.93. The van der Waals surface area contributed by atoms with Gasteiger partial charge < -0.3 is 5.32 Å². The van der Waals surface area contributed by atoms with E-state index in [4.69, 9.17) is 23.2 Å². The van der Waals surface area contributed by atoms with Crippen LogP contribution in [0.1, 0.15) is 18.4 Å². The van der Waals surface area contributed by atoms with Gasteiger partial charge in [-0.05, 0) is 36.9 Å². The molecule has 0 atom stereocenters. The van der Waals surface area contributed by atoms with Crippen LogP contribution in [0.5, 0.6) is 0 Å². The minimum absolute atomic E-state index is 0.404. The highest BCUT2D eigenvalue weighted by molar-refractivity contribution is 6.31. The molecule has 1 aromatic heterocycles. The number of pyridine rings is 1. The van der Waals surface area contributed by atoms with Crippen LogP contribution < -0.4 is 5.32 Å². The molecule has 0 unspecified atom stereocenters. The van der Waals surface area contributed by atoms with Crippen LogP contribution in [-0.2, 0) is 6.54 Å². The zero-order chi connectivity index (χ0) is 10.7. The van der Waals surface area contributed by atoms with Gasteiger partial charge in [0.25, 0.3) is 0 Å². The third-order valence-electron chi connectivity index (χ3n) is 2.78. The number of nitrogens with one attached hydrogen (secondary N) is 1. The van der Waals surface area contributed by atoms with Crippen LogP contribution in [0.3, 0.4) is 0 Å². The smallest absolute Gasteiger partial charge is 0.0634 e. The number of hydrogen-bond acceptors (Lipinski definition) is 2. The predicted octanol–water partition coefficient (Wildman–Crippen LogP) is 2.84. The van der Waals surface area contributed by atoms with Gasteiger partial charge in [-0.3, -0.25) is 4.98 Å². The Labute approximate surface area is 100.0 Å². The molecule has 2 rings (SSSR count). The summed E-state index contributed by atoms with van der Waals surface area (Å²) in [7, 11) is 0. The Morgan fingerprint density at radius 3 is 2.93 bits per heavy atom. The van der Waals surface area contributed by atoms with Gasteiger partial charge in [0.2, 0.25) is 0 Å². The fourth-order valence-electron chi connectivity index (χ4n) is 1.78. The van der Waals surface area contributed by atoms with Gasteiger partial charge in [0, 0.05) is 24.3 Å². The Hall–Kier alpha value is -0.310. The quantitative estimate of drug-likeness (QED) is 0.825. The van der Waals surface area contributed by atoms with Gasteiger partial charge in [-0.1, -0.05) is 11.6 Å². The van der Waals surface area contributed by atoms with Crippen molar-refractivity contribution >= 4 is 23.2 Å². The lowest BCUT2D eigenvalue weighted by atomic mass is 9.85. The Kier molecular flexibility index (Phi) is 3.84. The van der Waals surface area contributed by atoms with Gasteiger partial charge in [0.1, 0.15) is 0 Å². The molecule has 1 aliphatic carbocycles. The second-order valence-corrected chi connectivity index (χ2v) is 5.06. The molecule has 0 amide bonds. The monoisotopic (exact) mass is 244 g/mol. The first-order valence-electron chi connectivity index (χ1n) is 5.19. The highest BCUT2D eigenvalue weighted by atomic mass is 35.5. The molecule has 1 N–H and O–H groups in total. The molecule has 0 spiro atoms. The maximum absolute atomic E-state index is 5.99. The Morgan fingerprint density at radius 1 is 1.47 bits per heavy atom. The summed E-state index contributed by atoms with van der Waals surface area (Å²) in [6, 6.07) is 1.94. The predicted molar refractivity (Wildman–Crippen MR) is 63.3 cm³/mol. The van der Waals surface area contributed by atoms with Crippen molar-refractivity contribution in [1.29, 1.82) is 0 Å². The molecule has 0 saturated heterocycles. The topological polar surface area (TPSA) is 24.9 Å². The lowest BCUT2D eigenvalue weighted by Gasteiger charge is -2.31. The molecule has 0 radical (unpaired) electrons. The number of hydrogen-bond donors (Lipinski definition) is 1. The standard InChI is InChI=1S/C11H14Cl2N2/c12-10-3-8(4-10)5-15-6-9-1-2-14-7-11(9)13/h1-2,7-8,10,15H,3-6H2. The lowest BCUT2D eigenvalue weighted by Crippen LogP contribution is -2.33. The molecule has 0 aromatic carbocycles. The largest absolute Gasteiger partial charge is 0.312 e. The number of alkyl halides is 1. The van der Waals surface area contributed by atoms with E-state index in [1.165, 1.54) is 0 Å². The van der Waals surface area contributed by atoms with E-state index < -0.39 is 0 Å². The van der Waals surface area contributed by atoms with Crippen molar-refractivity contribution in [2.24, 2.45) is 5.92 Å². The van der Waals surface area contributed by atoms with Crippen molar-refractivity contribution in [3.05, 3.63) is 29.0 Å². The summed E-state index contributed by atoms with van der Waals surface area (Å²) in [6.45, 7) is 1.84. The third kappa shape index (κ3) is 3.07. The number of halogens is 2. The first-order valence-corrected chi connectivity index (χ1v) is 6.00. The fourth-order valence-corrected chi connectivity index (χ4v) is 2.47. The molecule has 4 heteroatoms. The van der Waals surface area contributed by atoms with Crippen LogP contribution in [0, 0.1) is 5.92 Å². The highest BCUT2D eigenvalue weighted by Gasteiger charge is 2.26. The van der Waals surface area contributed by atoms with E-state index in [1.54, 1.807) is 12.4 Å². The second-order valence-electron chi connectivity index (χ2n) is 4.03. The summed E-state index contributed by atoms with van der Waals surface area (Å²) in [5, 5.41) is 4.53. The van der Waals surface area contributed by atoms with Crippen LogP contribution in [-0.4, -0.2) is 16.9 Å². The van der Waals surface area contributed by atoms with Crippen molar-refractivity contribution in [3.8, 4) is 0 Å². The Morgan fingerprint density at radius 2 is 2.27 bits per heavy atom. The maximum atomic E-state index is 5.99. The first-order chi connectivity index (χ1) is 7.25. The summed E-state index contributed by atoms with van der Waals surface area (Å²) >= 11 is 11.9. The first kappa shape index (κ1) is 11.2. The van der Waals surface area contributed by atoms with Gasteiger partial charge in [0.05, 0.1) is 5.02 Å². The van der Waals surface area contributed by atoms with Gasteiger partial charge in [-0.25, -0.2) is 0 Å². The highest BCUT2D eigenvalue weighted by Crippen LogP contribution is 2.31. The van der Waals surface area contributed by atoms with E-state index in [9.17, 15) is 0 Å². The van der Waals surface area contributed by atoms with Crippen molar-refractivity contribution in [3.63, 3.8) is 0 Å². The number of rotatable bonds is 4. The summed E-state index contributed by atoms with van der Waals surface area (Å²) in [5.74, 6) is 0.744. The van der Waals surface area contributed by atoms with E-state index in [2.05, 4.69) is 10.3 Å². The van der Waals surface area contributed by atoms with Crippen molar-refractivity contribution < 1.29 is 0 Å². The molecule has 1 aromatic rings. The minimum atomic E-state index is 0.404. The second kappa shape index (κ2) is 5.15. The number of aromatic nitrogens is 1. The van der Waals surface area contributed by atoms with Gasteiger partial charge in [-0.15, -0.1) is 11.6 Å². The molecule has 0 bridgehead atoms. The molecule has 82 valence electrons. The van der Waals surface area contributed by atoms with E-state index in [0.717, 1.165) is 42.4 Å². The normalized spacial score (nSPS) is 24.9. The van der Waals surface area contributed by atoms with Crippen LogP contribution >= 0.6 is 23.2 Å². The van der Waals surface area contributed by atoms with Crippen LogP contribution in [0.2, 0.25) is 5.02 Å². The average Bonchev–Trinajstić information content (AvgIpc) is 2.18. The molecule has 15 heavy (non-hydrogen) atoms. The van der Waals surface area contributed by atoms with Crippen molar-refractivity contribution in [2.45, 2.75) is 24.8 Å². The Bertz CT molecular complexity index is 324. The summed E-state index contributed by atoms with van der Waals surface area (Å²) in [5.41, 5.74) is 1.11. The molecule has 2 nitrogen and oxygen atoms in total. The van der Waals surface area contributed by atoms with Crippen molar-refractivity contribution in [2.75, 3.05) is 6.54 Å². The molecular weight excluding hydrogens is 231 g/mol. The zero-order valence-electron chi connectivity index (χ0n) is 8.42. The minimum Gasteiger partial charge on any atom is -0.312 e. The molecular formula is C11H14Cl2N2. The van der Waals surface area contributed by atoms with Crippen LogP contribution in [0.4, 0.5) is 0 Å². The molecule has 1 saturated carbocycles. The van der Waals surface area contributed by atoms with Crippen LogP contribution in [0.15, 0.2) is 18.5 Å². The molecule has 1 heterocycles. The SMILES string of the molecule is Clc1cnccc1CNCC1CC(Cl)C1. The van der Waals surface area contributed by atoms with Gasteiger partial charge >= 0.3 is 0 Å². The average molecular weight is 245 g/mol. The molecule has 1 fully saturated rings. The van der Waals surface area contributed by atoms with Gasteiger partial charge in [-0.2, -0.15) is 0 Å². The Balaban J connectivity index is 1.72. The maximum Gasteiger partial charge on any atom is 0.0634 e. The molecule has 0 aliphatic heterocycles. The fraction of sp³-hybridized carbons (Fsp3) is 0.545. The third-order valence-corrected chi connectivity index (χ3v) is 3.48. The number of nitrogens with zero attached hydrogens (tertiary/aromatic N) is 1. The molecule has 1 aliphatic rings.